The van der Waals surface area contributed by atoms with E-state index in [-0.39, 0.29) is 0 Å². The van der Waals surface area contributed by atoms with Crippen molar-refractivity contribution in [3.63, 3.8) is 0 Å². The van der Waals surface area contributed by atoms with E-state index in [9.17, 15) is 0 Å². The summed E-state index contributed by atoms with van der Waals surface area (Å²) in [6.45, 7) is 2.11. The number of nitrogens with zero attached hydrogens (tertiary/aromatic N) is 3. The van der Waals surface area contributed by atoms with Gasteiger partial charge in [-0.2, -0.15) is 0 Å². The summed E-state index contributed by atoms with van der Waals surface area (Å²) in [6.07, 6.45) is 0. The van der Waals surface area contributed by atoms with E-state index in [1.54, 1.807) is 0 Å². The summed E-state index contributed by atoms with van der Waals surface area (Å²) in [6, 6.07) is 54.6. The van der Waals surface area contributed by atoms with Crippen molar-refractivity contribution in [1.29, 1.82) is 0 Å². The van der Waals surface area contributed by atoms with Crippen molar-refractivity contribution in [1.82, 2.24) is 15.0 Å². The fraction of sp³-hybridized carbons (Fsp3) is 0.0227. The molecule has 0 aliphatic heterocycles. The van der Waals surface area contributed by atoms with Crippen molar-refractivity contribution in [2.24, 2.45) is 0 Å². The first kappa shape index (κ1) is 27.9. The molecule has 0 saturated heterocycles. The highest BCUT2D eigenvalue weighted by atomic mass is 16.3. The lowest BCUT2D eigenvalue weighted by Gasteiger charge is -2.10. The fourth-order valence-corrected chi connectivity index (χ4v) is 6.58. The van der Waals surface area contributed by atoms with E-state index in [1.807, 2.05) is 36.4 Å². The summed E-state index contributed by atoms with van der Waals surface area (Å²) in [5.74, 6) is 1.84. The lowest BCUT2D eigenvalue weighted by molar-refractivity contribution is 0.669. The normalized spacial score (nSPS) is 11.4. The Balaban J connectivity index is 1.18. The first-order valence-corrected chi connectivity index (χ1v) is 16.1. The molecule has 226 valence electrons. The highest BCUT2D eigenvalue weighted by Crippen LogP contribution is 2.39. The Morgan fingerprint density at radius 1 is 0.396 bits per heavy atom. The van der Waals surface area contributed by atoms with Gasteiger partial charge in [0.05, 0.1) is 0 Å². The van der Waals surface area contributed by atoms with Gasteiger partial charge in [-0.15, -0.1) is 0 Å². The van der Waals surface area contributed by atoms with Gasteiger partial charge in [-0.3, -0.25) is 0 Å². The van der Waals surface area contributed by atoms with E-state index >= 15 is 0 Å². The summed E-state index contributed by atoms with van der Waals surface area (Å²) in [7, 11) is 0. The van der Waals surface area contributed by atoms with Crippen LogP contribution in [-0.2, 0) is 0 Å². The average molecular weight is 616 g/mol. The van der Waals surface area contributed by atoms with Gasteiger partial charge in [-0.05, 0) is 70.3 Å². The molecule has 0 atom stereocenters. The number of rotatable bonds is 5. The van der Waals surface area contributed by atoms with Crippen LogP contribution in [0.5, 0.6) is 0 Å². The van der Waals surface area contributed by atoms with Gasteiger partial charge in [0.25, 0.3) is 0 Å². The van der Waals surface area contributed by atoms with Gasteiger partial charge >= 0.3 is 0 Å². The zero-order valence-electron chi connectivity index (χ0n) is 26.3. The Hall–Kier alpha value is -6.39. The zero-order chi connectivity index (χ0) is 32.0. The molecule has 9 rings (SSSR count). The van der Waals surface area contributed by atoms with E-state index < -0.39 is 0 Å². The topological polar surface area (TPSA) is 51.8 Å². The highest BCUT2D eigenvalue weighted by molar-refractivity contribution is 6.13. The molecular weight excluding hydrogens is 587 g/mol. The van der Waals surface area contributed by atoms with Crippen LogP contribution in [0.25, 0.3) is 89.1 Å². The van der Waals surface area contributed by atoms with Crippen LogP contribution in [0.15, 0.2) is 162 Å². The molecule has 0 N–H and O–H groups in total. The molecule has 0 unspecified atom stereocenters. The minimum Gasteiger partial charge on any atom is -0.456 e. The molecule has 0 fully saturated rings. The van der Waals surface area contributed by atoms with Crippen molar-refractivity contribution < 1.29 is 4.42 Å². The number of hydrogen-bond acceptors (Lipinski definition) is 4. The summed E-state index contributed by atoms with van der Waals surface area (Å²) in [5, 5.41) is 4.60. The fourth-order valence-electron chi connectivity index (χ4n) is 6.58. The first-order valence-electron chi connectivity index (χ1n) is 16.1. The third kappa shape index (κ3) is 5.01. The number of aryl methyl sites for hydroxylation is 1. The number of hydrogen-bond donors (Lipinski definition) is 0. The maximum absolute atomic E-state index is 6.50. The first-order chi connectivity index (χ1) is 23.7. The standard InChI is InChI=1S/C44H29N3O/c1-28-10-7-15-31(24-28)33-16-8-17-35(26-33)43-45-42(30-12-3-2-4-13-30)46-44(47-43)36-22-23-38-40(27-36)48-39-19-9-18-37(41(38)39)34-21-20-29-11-5-6-14-32(29)25-34/h2-27H,1H3. The quantitative estimate of drug-likeness (QED) is 0.193. The Kier molecular flexibility index (Phi) is 6.65. The van der Waals surface area contributed by atoms with Gasteiger partial charge < -0.3 is 4.42 Å². The molecule has 0 saturated carbocycles. The van der Waals surface area contributed by atoms with Gasteiger partial charge in [-0.1, -0.05) is 133 Å². The Morgan fingerprint density at radius 2 is 1.02 bits per heavy atom. The van der Waals surface area contributed by atoms with Gasteiger partial charge in [-0.25, -0.2) is 15.0 Å². The maximum atomic E-state index is 6.50. The minimum absolute atomic E-state index is 0.594. The van der Waals surface area contributed by atoms with Crippen molar-refractivity contribution in [3.8, 4) is 56.4 Å². The van der Waals surface area contributed by atoms with Crippen molar-refractivity contribution >= 4 is 32.7 Å². The van der Waals surface area contributed by atoms with E-state index in [0.717, 1.165) is 60.9 Å². The largest absolute Gasteiger partial charge is 0.456 e. The molecule has 2 aromatic heterocycles. The predicted molar refractivity (Wildman–Crippen MR) is 197 cm³/mol. The van der Waals surface area contributed by atoms with E-state index in [1.165, 1.54) is 16.3 Å². The van der Waals surface area contributed by atoms with Crippen LogP contribution < -0.4 is 0 Å². The van der Waals surface area contributed by atoms with E-state index in [4.69, 9.17) is 19.4 Å². The molecule has 0 aliphatic rings. The van der Waals surface area contributed by atoms with Crippen LogP contribution in [-0.4, -0.2) is 15.0 Å². The van der Waals surface area contributed by atoms with Crippen LogP contribution in [0.3, 0.4) is 0 Å². The van der Waals surface area contributed by atoms with Crippen LogP contribution in [0, 0.1) is 6.92 Å². The summed E-state index contributed by atoms with van der Waals surface area (Å²) in [5.41, 5.74) is 10.2. The van der Waals surface area contributed by atoms with Crippen LogP contribution >= 0.6 is 0 Å². The van der Waals surface area contributed by atoms with Crippen LogP contribution in [0.1, 0.15) is 5.56 Å². The Morgan fingerprint density at radius 3 is 1.83 bits per heavy atom. The van der Waals surface area contributed by atoms with Gasteiger partial charge in [0, 0.05) is 27.5 Å². The molecule has 9 aromatic rings. The second-order valence-corrected chi connectivity index (χ2v) is 12.2. The summed E-state index contributed by atoms with van der Waals surface area (Å²) >= 11 is 0. The molecule has 0 bridgehead atoms. The minimum atomic E-state index is 0.594. The van der Waals surface area contributed by atoms with Crippen molar-refractivity contribution in [2.75, 3.05) is 0 Å². The third-order valence-corrected chi connectivity index (χ3v) is 8.96. The van der Waals surface area contributed by atoms with Crippen LogP contribution in [0.2, 0.25) is 0 Å². The molecule has 2 heterocycles. The second-order valence-electron chi connectivity index (χ2n) is 12.2. The summed E-state index contributed by atoms with van der Waals surface area (Å²) < 4.78 is 6.50. The lowest BCUT2D eigenvalue weighted by atomic mass is 9.97. The molecule has 0 spiro atoms. The molecule has 4 heteroatoms. The van der Waals surface area contributed by atoms with Gasteiger partial charge in [0.2, 0.25) is 0 Å². The van der Waals surface area contributed by atoms with Crippen molar-refractivity contribution in [2.45, 2.75) is 6.92 Å². The van der Waals surface area contributed by atoms with Crippen molar-refractivity contribution in [3.05, 3.63) is 163 Å². The number of benzene rings is 7. The molecule has 7 aromatic carbocycles. The molecule has 0 radical (unpaired) electrons. The molecule has 0 amide bonds. The monoisotopic (exact) mass is 615 g/mol. The second kappa shape index (κ2) is 11.4. The summed E-state index contributed by atoms with van der Waals surface area (Å²) in [4.78, 5) is 15.0. The Bertz CT molecular complexity index is 2640. The SMILES string of the molecule is Cc1cccc(-c2cccc(-c3nc(-c4ccccc4)nc(-c4ccc5c(c4)oc4cccc(-c6ccc7ccccc7c6)c45)n3)c2)c1. The highest BCUT2D eigenvalue weighted by Gasteiger charge is 2.17. The molecular formula is C44H29N3O. The molecule has 48 heavy (non-hydrogen) atoms. The maximum Gasteiger partial charge on any atom is 0.164 e. The number of fused-ring (bicyclic) bond motifs is 4. The Labute approximate surface area is 278 Å². The lowest BCUT2D eigenvalue weighted by Crippen LogP contribution is -2.00. The van der Waals surface area contributed by atoms with Crippen LogP contribution in [0.4, 0.5) is 0 Å². The molecule has 0 aliphatic carbocycles. The van der Waals surface area contributed by atoms with Gasteiger partial charge in [0.1, 0.15) is 11.2 Å². The number of aromatic nitrogens is 3. The smallest absolute Gasteiger partial charge is 0.164 e. The average Bonchev–Trinajstić information content (AvgIpc) is 3.53. The zero-order valence-corrected chi connectivity index (χ0v) is 26.3. The predicted octanol–water partition coefficient (Wildman–Crippen LogP) is 11.6. The van der Waals surface area contributed by atoms with Gasteiger partial charge in [0.15, 0.2) is 17.5 Å². The molecule has 4 nitrogen and oxygen atoms in total. The van der Waals surface area contributed by atoms with E-state index in [0.29, 0.717) is 17.5 Å². The van der Waals surface area contributed by atoms with E-state index in [2.05, 4.69) is 128 Å². The third-order valence-electron chi connectivity index (χ3n) is 8.96. The number of furan rings is 1.